The van der Waals surface area contributed by atoms with Gasteiger partial charge in [-0.15, -0.1) is 0 Å². The van der Waals surface area contributed by atoms with Gasteiger partial charge in [0.15, 0.2) is 0 Å². The van der Waals surface area contributed by atoms with Gasteiger partial charge in [-0.05, 0) is 50.0 Å². The van der Waals surface area contributed by atoms with E-state index < -0.39 is 0 Å². The lowest BCUT2D eigenvalue weighted by Crippen LogP contribution is -2.40. The molecule has 1 saturated carbocycles. The number of nitrogens with two attached hydrogens (primary N) is 1. The molecule has 1 atom stereocenters. The summed E-state index contributed by atoms with van der Waals surface area (Å²) in [6.07, 6.45) is 7.83. The van der Waals surface area contributed by atoms with E-state index in [1.165, 1.54) is 37.2 Å². The molecule has 0 spiro atoms. The van der Waals surface area contributed by atoms with Crippen LogP contribution in [0.2, 0.25) is 0 Å². The first kappa shape index (κ1) is 13.3. The Hall–Kier alpha value is 0.270. The van der Waals surface area contributed by atoms with Crippen LogP contribution >= 0.6 is 11.8 Å². The maximum absolute atomic E-state index is 8.99. The molecule has 0 amide bonds. The van der Waals surface area contributed by atoms with Crippen molar-refractivity contribution >= 4 is 11.8 Å². The molecule has 0 heterocycles. The smallest absolute Gasteiger partial charge is 0.0608 e. The quantitative estimate of drug-likeness (QED) is 0.661. The molecular formula is C12H25NOS. The van der Waals surface area contributed by atoms with E-state index in [1.807, 2.05) is 6.92 Å². The summed E-state index contributed by atoms with van der Waals surface area (Å²) in [5, 5.41) is 8.99. The number of aliphatic hydroxyl groups excluding tert-OH is 1. The average Bonchev–Trinajstić information content (AvgIpc) is 2.70. The fourth-order valence-corrected chi connectivity index (χ4v) is 3.27. The van der Waals surface area contributed by atoms with Gasteiger partial charge in [-0.2, -0.15) is 11.8 Å². The van der Waals surface area contributed by atoms with Gasteiger partial charge in [0.1, 0.15) is 0 Å². The maximum atomic E-state index is 8.99. The molecule has 0 aliphatic heterocycles. The molecule has 3 heteroatoms. The number of aliphatic hydroxyl groups is 1. The van der Waals surface area contributed by atoms with Crippen molar-refractivity contribution in [3.05, 3.63) is 0 Å². The Morgan fingerprint density at radius 1 is 1.40 bits per heavy atom. The van der Waals surface area contributed by atoms with E-state index in [4.69, 9.17) is 10.8 Å². The van der Waals surface area contributed by atoms with E-state index in [1.54, 1.807) is 0 Å². The van der Waals surface area contributed by atoms with Gasteiger partial charge >= 0.3 is 0 Å². The predicted octanol–water partition coefficient (Wildman–Crippen LogP) is 2.40. The first-order chi connectivity index (χ1) is 7.14. The molecule has 1 rings (SSSR count). The third-order valence-electron chi connectivity index (χ3n) is 3.23. The molecule has 1 aliphatic rings. The first-order valence-corrected chi connectivity index (χ1v) is 7.27. The van der Waals surface area contributed by atoms with Crippen LogP contribution in [-0.2, 0) is 0 Å². The van der Waals surface area contributed by atoms with Crippen molar-refractivity contribution in [1.29, 1.82) is 0 Å². The molecule has 0 bridgehead atoms. The molecular weight excluding hydrogens is 206 g/mol. The Balaban J connectivity index is 1.92. The lowest BCUT2D eigenvalue weighted by atomic mass is 9.99. The SMILES string of the molecule is CC(N)(CO)CCCSCC1CCCC1. The van der Waals surface area contributed by atoms with Crippen molar-refractivity contribution in [3.63, 3.8) is 0 Å². The summed E-state index contributed by atoms with van der Waals surface area (Å²) in [6, 6.07) is 0. The van der Waals surface area contributed by atoms with Crippen LogP contribution in [0.1, 0.15) is 45.4 Å². The van der Waals surface area contributed by atoms with Gasteiger partial charge in [-0.1, -0.05) is 12.8 Å². The Kier molecular flexibility index (Phi) is 6.02. The molecule has 1 unspecified atom stereocenters. The standard InChI is InChI=1S/C12H25NOS/c1-12(13,10-14)7-4-8-15-9-11-5-2-3-6-11/h11,14H,2-10,13H2,1H3. The summed E-state index contributed by atoms with van der Waals surface area (Å²) in [6.45, 7) is 2.02. The van der Waals surface area contributed by atoms with Crippen LogP contribution < -0.4 is 5.73 Å². The average molecular weight is 231 g/mol. The number of rotatable bonds is 7. The van der Waals surface area contributed by atoms with Gasteiger partial charge in [-0.25, -0.2) is 0 Å². The van der Waals surface area contributed by atoms with Crippen LogP contribution in [0.15, 0.2) is 0 Å². The highest BCUT2D eigenvalue weighted by atomic mass is 32.2. The number of hydrogen-bond acceptors (Lipinski definition) is 3. The zero-order chi connectivity index (χ0) is 11.1. The molecule has 0 aromatic heterocycles. The van der Waals surface area contributed by atoms with E-state index in [2.05, 4.69) is 11.8 Å². The Labute approximate surface area is 98.0 Å². The molecule has 1 aliphatic carbocycles. The molecule has 90 valence electrons. The van der Waals surface area contributed by atoms with Crippen LogP contribution in [0.4, 0.5) is 0 Å². The van der Waals surface area contributed by atoms with Crippen LogP contribution in [0.5, 0.6) is 0 Å². The molecule has 3 N–H and O–H groups in total. The molecule has 0 aromatic carbocycles. The van der Waals surface area contributed by atoms with Gasteiger partial charge in [0.05, 0.1) is 6.61 Å². The van der Waals surface area contributed by atoms with Gasteiger partial charge in [-0.3, -0.25) is 0 Å². The third kappa shape index (κ3) is 5.79. The Morgan fingerprint density at radius 2 is 2.07 bits per heavy atom. The van der Waals surface area contributed by atoms with Crippen molar-refractivity contribution in [2.24, 2.45) is 11.7 Å². The summed E-state index contributed by atoms with van der Waals surface area (Å²) in [4.78, 5) is 0. The minimum absolute atomic E-state index is 0.0975. The number of hydrogen-bond donors (Lipinski definition) is 2. The van der Waals surface area contributed by atoms with Crippen LogP contribution in [0.25, 0.3) is 0 Å². The van der Waals surface area contributed by atoms with Crippen molar-refractivity contribution < 1.29 is 5.11 Å². The summed E-state index contributed by atoms with van der Waals surface area (Å²) in [5.74, 6) is 3.51. The van der Waals surface area contributed by atoms with Gasteiger partial charge in [0, 0.05) is 5.54 Å². The van der Waals surface area contributed by atoms with Gasteiger partial charge < -0.3 is 10.8 Å². The second-order valence-corrected chi connectivity index (χ2v) is 6.29. The highest BCUT2D eigenvalue weighted by Gasteiger charge is 2.17. The van der Waals surface area contributed by atoms with Crippen molar-refractivity contribution in [2.75, 3.05) is 18.1 Å². The van der Waals surface area contributed by atoms with Crippen LogP contribution in [0.3, 0.4) is 0 Å². The molecule has 0 radical (unpaired) electrons. The Morgan fingerprint density at radius 3 is 2.67 bits per heavy atom. The third-order valence-corrected chi connectivity index (χ3v) is 4.51. The van der Waals surface area contributed by atoms with Gasteiger partial charge in [0.25, 0.3) is 0 Å². The zero-order valence-electron chi connectivity index (χ0n) is 9.87. The Bertz CT molecular complexity index is 167. The monoisotopic (exact) mass is 231 g/mol. The second-order valence-electron chi connectivity index (χ2n) is 5.14. The summed E-state index contributed by atoms with van der Waals surface area (Å²) >= 11 is 2.06. The summed E-state index contributed by atoms with van der Waals surface area (Å²) in [7, 11) is 0. The molecule has 0 saturated heterocycles. The molecule has 15 heavy (non-hydrogen) atoms. The van der Waals surface area contributed by atoms with Crippen molar-refractivity contribution in [1.82, 2.24) is 0 Å². The zero-order valence-corrected chi connectivity index (χ0v) is 10.7. The molecule has 0 aromatic rings. The summed E-state index contributed by atoms with van der Waals surface area (Å²) in [5.41, 5.74) is 5.49. The van der Waals surface area contributed by atoms with E-state index >= 15 is 0 Å². The minimum Gasteiger partial charge on any atom is -0.394 e. The van der Waals surface area contributed by atoms with E-state index in [-0.39, 0.29) is 12.1 Å². The van der Waals surface area contributed by atoms with E-state index in [0.717, 1.165) is 18.8 Å². The van der Waals surface area contributed by atoms with E-state index in [9.17, 15) is 0 Å². The highest BCUT2D eigenvalue weighted by molar-refractivity contribution is 7.99. The lowest BCUT2D eigenvalue weighted by molar-refractivity contribution is 0.200. The topological polar surface area (TPSA) is 46.2 Å². The largest absolute Gasteiger partial charge is 0.394 e. The van der Waals surface area contributed by atoms with Crippen molar-refractivity contribution in [3.8, 4) is 0 Å². The van der Waals surface area contributed by atoms with Crippen LogP contribution in [0, 0.1) is 5.92 Å². The van der Waals surface area contributed by atoms with Crippen LogP contribution in [-0.4, -0.2) is 28.8 Å². The van der Waals surface area contributed by atoms with Gasteiger partial charge in [0.2, 0.25) is 0 Å². The van der Waals surface area contributed by atoms with E-state index in [0.29, 0.717) is 0 Å². The molecule has 1 fully saturated rings. The molecule has 2 nitrogen and oxygen atoms in total. The second kappa shape index (κ2) is 6.77. The van der Waals surface area contributed by atoms with Crippen molar-refractivity contribution in [2.45, 2.75) is 51.0 Å². The normalized spacial score (nSPS) is 21.8. The lowest BCUT2D eigenvalue weighted by Gasteiger charge is -2.21. The fraction of sp³-hybridized carbons (Fsp3) is 1.00. The fourth-order valence-electron chi connectivity index (χ4n) is 2.08. The first-order valence-electron chi connectivity index (χ1n) is 6.11. The summed E-state index contributed by atoms with van der Waals surface area (Å²) < 4.78 is 0. The predicted molar refractivity (Wildman–Crippen MR) is 68.2 cm³/mol. The highest BCUT2D eigenvalue weighted by Crippen LogP contribution is 2.28. The maximum Gasteiger partial charge on any atom is 0.0608 e. The number of thioether (sulfide) groups is 1. The minimum atomic E-state index is -0.367.